The molecule has 1 radical (unpaired) electrons. The van der Waals surface area contributed by atoms with Crippen molar-refractivity contribution in [2.45, 2.75) is 76.4 Å². The van der Waals surface area contributed by atoms with E-state index in [1.807, 2.05) is 38.1 Å². The van der Waals surface area contributed by atoms with Crippen LogP contribution in [0.1, 0.15) is 81.9 Å². The summed E-state index contributed by atoms with van der Waals surface area (Å²) in [4.78, 5) is 15.3. The summed E-state index contributed by atoms with van der Waals surface area (Å²) in [5, 5.41) is 24.5. The molecule has 0 amide bonds. The highest BCUT2D eigenvalue weighted by atomic mass is 16.5. The molecule has 2 aliphatic carbocycles. The Kier molecular flexibility index (Phi) is 9.51. The Balaban J connectivity index is 0.986. The molecular weight excluding hydrogens is 699 g/mol. The van der Waals surface area contributed by atoms with Gasteiger partial charge in [0.15, 0.2) is 17.5 Å². The van der Waals surface area contributed by atoms with Crippen LogP contribution in [0.25, 0.3) is 55.7 Å². The van der Waals surface area contributed by atoms with Gasteiger partial charge in [-0.2, -0.15) is 5.26 Å². The number of hydrogen-bond acceptors (Lipinski definition) is 6. The fourth-order valence-corrected chi connectivity index (χ4v) is 9.01. The Morgan fingerprint density at radius 3 is 1.91 bits per heavy atom. The third-order valence-corrected chi connectivity index (χ3v) is 12.9. The summed E-state index contributed by atoms with van der Waals surface area (Å²) in [7, 11) is 1.77. The van der Waals surface area contributed by atoms with Gasteiger partial charge in [-0.1, -0.05) is 103 Å². The third kappa shape index (κ3) is 7.25. The van der Waals surface area contributed by atoms with Crippen LogP contribution in [0.15, 0.2) is 127 Å². The van der Waals surface area contributed by atoms with Crippen LogP contribution in [0.5, 0.6) is 0 Å². The Labute approximate surface area is 335 Å². The summed E-state index contributed by atoms with van der Waals surface area (Å²) in [6, 6.07) is 46.5. The molecule has 7 heteroatoms. The van der Waals surface area contributed by atoms with Crippen molar-refractivity contribution in [1.82, 2.24) is 15.0 Å². The fourth-order valence-electron chi connectivity index (χ4n) is 9.01. The lowest BCUT2D eigenvalue weighted by Gasteiger charge is -2.37. The summed E-state index contributed by atoms with van der Waals surface area (Å²) in [5.41, 5.74) is 5.50. The lowest BCUT2D eigenvalue weighted by Crippen LogP contribution is -2.49. The predicted octanol–water partition coefficient (Wildman–Crippen LogP) is 10.5. The molecule has 0 spiro atoms. The van der Waals surface area contributed by atoms with Crippen molar-refractivity contribution in [1.29, 1.82) is 5.26 Å². The lowest BCUT2D eigenvalue weighted by molar-refractivity contribution is -0.0893. The van der Waals surface area contributed by atoms with Gasteiger partial charge >= 0.3 is 7.48 Å². The Bertz CT molecular complexity index is 2630. The maximum absolute atomic E-state index is 10.5. The van der Waals surface area contributed by atoms with Gasteiger partial charge in [0.25, 0.3) is 0 Å². The topological polar surface area (TPSA) is 91.9 Å². The van der Waals surface area contributed by atoms with Crippen molar-refractivity contribution in [2.24, 2.45) is 11.8 Å². The monoisotopic (exact) mass is 745 g/mol. The summed E-state index contributed by atoms with van der Waals surface area (Å²) in [6.45, 7) is 7.37. The molecule has 6 nitrogen and oxygen atoms in total. The summed E-state index contributed by atoms with van der Waals surface area (Å²) in [5.74, 6) is 4.29. The third-order valence-electron chi connectivity index (χ3n) is 12.9. The second kappa shape index (κ2) is 14.7. The van der Waals surface area contributed by atoms with E-state index in [9.17, 15) is 10.4 Å². The van der Waals surface area contributed by atoms with Gasteiger partial charge in [-0.25, -0.2) is 15.0 Å². The van der Waals surface area contributed by atoms with E-state index in [0.717, 1.165) is 44.2 Å². The number of benzene rings is 6. The quantitative estimate of drug-likeness (QED) is 0.117. The van der Waals surface area contributed by atoms with Gasteiger partial charge in [-0.05, 0) is 140 Å². The van der Waals surface area contributed by atoms with E-state index in [1.54, 1.807) is 21.3 Å². The number of fused-ring (bicyclic) bond motifs is 5. The molecule has 4 atom stereocenters. The van der Waals surface area contributed by atoms with Crippen molar-refractivity contribution < 1.29 is 9.76 Å². The van der Waals surface area contributed by atoms with E-state index >= 15 is 0 Å². The minimum atomic E-state index is -0.956. The molecule has 0 aliphatic heterocycles. The van der Waals surface area contributed by atoms with Crippen LogP contribution in [-0.2, 0) is 4.65 Å². The standard InChI is InChI=1S/C50H46BN4O2/c1-49(2,56)50(3,4)57-51-40-23-21-34(22-24-40)44-27-32-25-38(28-39(44)26-32)33-17-19-36(20-18-33)47-53-46(35-15-13-31(30-52)14-16-35)54-48(55-47)45-29-37-9-5-6-10-41(37)42-11-7-8-12-43(42)45/h5-24,29,32,38-39,44,56H,25-28H2,1-4H3. The molecule has 2 bridgehead atoms. The van der Waals surface area contributed by atoms with Crippen LogP contribution in [0.3, 0.4) is 0 Å². The zero-order valence-corrected chi connectivity index (χ0v) is 33.0. The molecule has 4 unspecified atom stereocenters. The average molecular weight is 746 g/mol. The molecule has 9 rings (SSSR count). The van der Waals surface area contributed by atoms with Gasteiger partial charge in [0.1, 0.15) is 0 Å². The molecule has 1 aromatic heterocycles. The summed E-state index contributed by atoms with van der Waals surface area (Å²) < 4.78 is 6.01. The van der Waals surface area contributed by atoms with E-state index in [4.69, 9.17) is 19.6 Å². The molecule has 6 aromatic carbocycles. The van der Waals surface area contributed by atoms with E-state index in [1.165, 1.54) is 42.2 Å². The second-order valence-electron chi connectivity index (χ2n) is 17.2. The van der Waals surface area contributed by atoms with Crippen LogP contribution >= 0.6 is 0 Å². The Morgan fingerprint density at radius 2 is 1.25 bits per heavy atom. The maximum atomic E-state index is 10.5. The molecule has 0 saturated heterocycles. The van der Waals surface area contributed by atoms with Gasteiger partial charge in [-0.15, -0.1) is 0 Å². The van der Waals surface area contributed by atoms with E-state index in [-0.39, 0.29) is 0 Å². The fraction of sp³-hybridized carbons (Fsp3) is 0.280. The van der Waals surface area contributed by atoms with Crippen LogP contribution in [0, 0.1) is 23.2 Å². The molecule has 2 saturated carbocycles. The van der Waals surface area contributed by atoms with Crippen molar-refractivity contribution in [2.75, 3.05) is 0 Å². The number of nitrogens with zero attached hydrogens (tertiary/aromatic N) is 4. The normalized spacial score (nSPS) is 19.4. The molecular formula is C50H46BN4O2. The first kappa shape index (κ1) is 36.9. The van der Waals surface area contributed by atoms with Crippen LogP contribution in [-0.4, -0.2) is 38.7 Å². The largest absolute Gasteiger partial charge is 0.427 e. The number of aliphatic hydroxyl groups is 1. The minimum absolute atomic E-state index is 0.518. The zero-order chi connectivity index (χ0) is 39.3. The predicted molar refractivity (Wildman–Crippen MR) is 230 cm³/mol. The van der Waals surface area contributed by atoms with Crippen LogP contribution in [0.2, 0.25) is 0 Å². The molecule has 57 heavy (non-hydrogen) atoms. The van der Waals surface area contributed by atoms with Gasteiger partial charge in [0.2, 0.25) is 0 Å². The molecule has 7 aromatic rings. The summed E-state index contributed by atoms with van der Waals surface area (Å²) >= 11 is 0. The molecule has 1 heterocycles. The van der Waals surface area contributed by atoms with Gasteiger partial charge in [-0.3, -0.25) is 0 Å². The van der Waals surface area contributed by atoms with Crippen molar-refractivity contribution in [3.05, 3.63) is 144 Å². The van der Waals surface area contributed by atoms with Crippen LogP contribution < -0.4 is 5.46 Å². The molecule has 1 N–H and O–H groups in total. The van der Waals surface area contributed by atoms with E-state index < -0.39 is 11.2 Å². The summed E-state index contributed by atoms with van der Waals surface area (Å²) in [6.07, 6.45) is 4.93. The highest BCUT2D eigenvalue weighted by Gasteiger charge is 2.42. The molecule has 2 fully saturated rings. The first-order valence-corrected chi connectivity index (χ1v) is 20.1. The minimum Gasteiger partial charge on any atom is -0.427 e. The Hall–Kier alpha value is -5.68. The van der Waals surface area contributed by atoms with Gasteiger partial charge in [0, 0.05) is 16.7 Å². The number of rotatable bonds is 9. The zero-order valence-electron chi connectivity index (χ0n) is 33.0. The Morgan fingerprint density at radius 1 is 0.649 bits per heavy atom. The smallest absolute Gasteiger partial charge is 0.330 e. The lowest BCUT2D eigenvalue weighted by atomic mass is 9.75. The van der Waals surface area contributed by atoms with Gasteiger partial charge in [0.05, 0.1) is 22.8 Å². The average Bonchev–Trinajstić information content (AvgIpc) is 3.54. The van der Waals surface area contributed by atoms with Crippen molar-refractivity contribution in [3.63, 3.8) is 0 Å². The van der Waals surface area contributed by atoms with E-state index in [2.05, 4.69) is 109 Å². The van der Waals surface area contributed by atoms with Crippen molar-refractivity contribution in [3.8, 4) is 40.2 Å². The highest BCUT2D eigenvalue weighted by Crippen LogP contribution is 2.54. The second-order valence-corrected chi connectivity index (χ2v) is 17.2. The SMILES string of the molecule is CC(C)(O)C(C)(C)O[B]c1ccc(C2CC3CC(c4ccc(-c5nc(-c6ccc(C#N)cc6)nc(-c6cc7ccccc7c7ccccc67)n5)cc4)CC2C3)cc1. The van der Waals surface area contributed by atoms with E-state index in [0.29, 0.717) is 40.8 Å². The number of nitriles is 1. The first-order valence-electron chi connectivity index (χ1n) is 20.1. The van der Waals surface area contributed by atoms with Gasteiger partial charge < -0.3 is 9.76 Å². The number of hydrogen-bond donors (Lipinski definition) is 1. The number of aromatic nitrogens is 3. The van der Waals surface area contributed by atoms with Crippen LogP contribution in [0.4, 0.5) is 0 Å². The highest BCUT2D eigenvalue weighted by molar-refractivity contribution is 6.47. The first-order chi connectivity index (χ1) is 27.5. The van der Waals surface area contributed by atoms with Crippen molar-refractivity contribution >= 4 is 34.5 Å². The molecule has 281 valence electrons. The molecule has 2 aliphatic rings. The maximum Gasteiger partial charge on any atom is 0.330 e.